The number of amides is 3. The smallest absolute Gasteiger partial charge is 0.477 e. The first-order valence-corrected chi connectivity index (χ1v) is 39.7. The fourth-order valence-electron chi connectivity index (χ4n) is 16.1. The number of fused-ring (bicyclic) bond motifs is 2. The minimum absolute atomic E-state index is 0.122. The normalized spacial score (nSPS) is 34.6. The van der Waals surface area contributed by atoms with E-state index < -0.39 is 274 Å². The number of rotatable bonds is 45. The maximum atomic E-state index is 16.2. The largest absolute Gasteiger partial charge is 0.737 e. The molecule has 7 aliphatic heterocycles. The van der Waals surface area contributed by atoms with Crippen LogP contribution in [0, 0.1) is 25.7 Å². The molecular weight excluding hydrogens is 1520 g/mol. The highest BCUT2D eigenvalue weighted by Crippen LogP contribution is 2.42. The molecule has 0 aromatic carbocycles. The van der Waals surface area contributed by atoms with Crippen molar-refractivity contribution in [3.05, 3.63) is 53.0 Å². The minimum Gasteiger partial charge on any atom is -0.477 e. The minimum atomic E-state index is -4.23. The van der Waals surface area contributed by atoms with Crippen LogP contribution in [0.3, 0.4) is 0 Å². The molecule has 5 saturated heterocycles. The number of aliphatic carboxylic acids is 1. The second-order valence-electron chi connectivity index (χ2n) is 30.9. The van der Waals surface area contributed by atoms with Crippen LogP contribution in [-0.2, 0) is 66.5 Å². The molecule has 4 unspecified atom stereocenters. The van der Waals surface area contributed by atoms with Crippen LogP contribution in [0.25, 0.3) is 6.08 Å². The van der Waals surface area contributed by atoms with E-state index in [1.807, 2.05) is 0 Å². The highest BCUT2D eigenvalue weighted by molar-refractivity contribution is 6.58. The summed E-state index contributed by atoms with van der Waals surface area (Å²) in [6.07, 6.45) is -20.1. The topological polar surface area (TPSA) is 549 Å². The molecule has 0 saturated carbocycles. The number of halogens is 2. The number of carbonyl (C=O) groups is 4. The van der Waals surface area contributed by atoms with Gasteiger partial charge < -0.3 is 168 Å². The van der Waals surface area contributed by atoms with E-state index in [0.29, 0.717) is 35.6 Å². The Morgan fingerprint density at radius 2 is 1.25 bits per heavy atom. The van der Waals surface area contributed by atoms with Crippen molar-refractivity contribution in [3.63, 3.8) is 0 Å². The fourth-order valence-corrected chi connectivity index (χ4v) is 16.1. The first-order valence-electron chi connectivity index (χ1n) is 39.7. The van der Waals surface area contributed by atoms with E-state index in [2.05, 4.69) is 22.9 Å². The summed E-state index contributed by atoms with van der Waals surface area (Å²) < 4.78 is 94.6. The SMILES string of the molecule is CCCCCCCCCCCCC/C=C/C(O)C(CO[C@@H]1O[C@H](CO)[C@@H](O[C@@H]2O[C@H](CO)[C@H](COC[C@@H]3O[C@H](CO)[C@H](O)[C@H](COC[C@@H]4O[C@H](CO)[C@H](O)[C@H](O)[C@H]4O)[C@H]3NC(C)=O)[C@H](O[C@]3(C(=O)O)C[C@H](O)[C@@H](NC(C)=O)[C@H](C(O)C(O)CO)O3)[C@H]2O)[C@H](O)[C@H]1O)NC(=O)CCCCC1=[N+]2C(=Cc3c(C)cc(C)n3[B-]2(F)F)C=C1. The van der Waals surface area contributed by atoms with E-state index >= 15 is 8.63 Å². The molecule has 39 heteroatoms. The molecule has 650 valence electrons. The Bertz CT molecular complexity index is 3340. The Morgan fingerprint density at radius 1 is 0.658 bits per heavy atom. The maximum Gasteiger partial charge on any atom is 0.737 e. The molecule has 8 heterocycles. The number of nitrogens with zero attached hydrogens (tertiary/aromatic N) is 2. The van der Waals surface area contributed by atoms with E-state index in [1.165, 1.54) is 44.6 Å². The molecule has 8 rings (SSSR count). The second-order valence-corrected chi connectivity index (χ2v) is 30.9. The molecule has 1 aromatic heterocycles. The molecule has 0 radical (unpaired) electrons. The molecular formula is C75H122BF2N5O31. The number of hydrogen-bond donors (Lipinski definition) is 20. The van der Waals surface area contributed by atoms with Gasteiger partial charge in [-0.2, -0.15) is 0 Å². The first kappa shape index (κ1) is 94.4. The van der Waals surface area contributed by atoms with Gasteiger partial charge in [-0.15, -0.1) is 0 Å². The van der Waals surface area contributed by atoms with Gasteiger partial charge in [0.1, 0.15) is 103 Å². The number of carboxylic acid groups (broad SMARTS) is 1. The molecule has 0 bridgehead atoms. The number of hydrogen-bond acceptors (Lipinski definition) is 30. The number of ether oxygens (including phenoxy) is 10. The van der Waals surface area contributed by atoms with Gasteiger partial charge in [0.2, 0.25) is 17.7 Å². The summed E-state index contributed by atoms with van der Waals surface area (Å²) in [7, 11) is 0. The van der Waals surface area contributed by atoms with Gasteiger partial charge in [-0.1, -0.05) is 83.3 Å². The van der Waals surface area contributed by atoms with Crippen LogP contribution in [-0.4, -0.2) is 357 Å². The molecule has 114 heavy (non-hydrogen) atoms. The average Bonchev–Trinajstić information content (AvgIpc) is 1.53. The van der Waals surface area contributed by atoms with Crippen molar-refractivity contribution in [1.29, 1.82) is 0 Å². The van der Waals surface area contributed by atoms with Crippen LogP contribution >= 0.6 is 0 Å². The lowest BCUT2D eigenvalue weighted by Crippen LogP contribution is -2.70. The van der Waals surface area contributed by atoms with Crippen LogP contribution in [0.15, 0.2) is 36.1 Å². The lowest BCUT2D eigenvalue weighted by atomic mass is 9.84. The summed E-state index contributed by atoms with van der Waals surface area (Å²) in [5.41, 5.74) is 2.28. The zero-order valence-corrected chi connectivity index (χ0v) is 65.2. The highest BCUT2D eigenvalue weighted by atomic mass is 19.2. The molecule has 3 amide bonds. The number of aliphatic hydroxyl groups is 16. The summed E-state index contributed by atoms with van der Waals surface area (Å²) >= 11 is 0. The van der Waals surface area contributed by atoms with Crippen LogP contribution in [0.5, 0.6) is 0 Å². The van der Waals surface area contributed by atoms with E-state index in [-0.39, 0.29) is 19.3 Å². The number of aromatic nitrogens is 1. The van der Waals surface area contributed by atoms with Gasteiger partial charge in [0.25, 0.3) is 5.79 Å². The molecule has 1 aromatic rings. The summed E-state index contributed by atoms with van der Waals surface area (Å²) in [5.74, 6) is -10.3. The summed E-state index contributed by atoms with van der Waals surface area (Å²) in [6.45, 7) is -4.48. The average molecular weight is 1640 g/mol. The first-order chi connectivity index (χ1) is 54.3. The number of allylic oxidation sites excluding steroid dienone is 3. The molecule has 20 N–H and O–H groups in total. The van der Waals surface area contributed by atoms with Gasteiger partial charge >= 0.3 is 12.9 Å². The molecule has 28 atom stereocenters. The van der Waals surface area contributed by atoms with Crippen molar-refractivity contribution >= 4 is 42.4 Å². The van der Waals surface area contributed by atoms with Crippen molar-refractivity contribution in [2.75, 3.05) is 66.1 Å². The molecule has 7 aliphatic rings. The van der Waals surface area contributed by atoms with Gasteiger partial charge in [-0.3, -0.25) is 14.4 Å². The van der Waals surface area contributed by atoms with E-state index in [4.69, 9.17) is 47.4 Å². The van der Waals surface area contributed by atoms with Gasteiger partial charge in [-0.05, 0) is 56.9 Å². The van der Waals surface area contributed by atoms with Crippen molar-refractivity contribution in [2.45, 2.75) is 302 Å². The number of aliphatic hydroxyl groups excluding tert-OH is 16. The fraction of sp³-hybridized carbons (Fsp3) is 0.800. The third kappa shape index (κ3) is 23.5. The van der Waals surface area contributed by atoms with Crippen LogP contribution in [0.1, 0.15) is 147 Å². The van der Waals surface area contributed by atoms with Crippen molar-refractivity contribution in [3.8, 4) is 0 Å². The van der Waals surface area contributed by atoms with Crippen LogP contribution in [0.2, 0.25) is 0 Å². The number of carbonyl (C=O) groups excluding carboxylic acids is 3. The van der Waals surface area contributed by atoms with Gasteiger partial charge in [0, 0.05) is 68.9 Å². The van der Waals surface area contributed by atoms with Crippen LogP contribution in [0.4, 0.5) is 8.63 Å². The van der Waals surface area contributed by atoms with E-state index in [0.717, 1.165) is 60.5 Å². The highest BCUT2D eigenvalue weighted by Gasteiger charge is 2.61. The molecule has 0 aliphatic carbocycles. The predicted octanol–water partition coefficient (Wildman–Crippen LogP) is -3.44. The number of unbranched alkanes of at least 4 members (excludes halogenated alkanes) is 12. The van der Waals surface area contributed by atoms with Crippen molar-refractivity contribution < 1.29 is 166 Å². The lowest BCUT2D eigenvalue weighted by Gasteiger charge is -2.51. The zero-order chi connectivity index (χ0) is 83.5. The predicted molar refractivity (Wildman–Crippen MR) is 396 cm³/mol. The van der Waals surface area contributed by atoms with Crippen molar-refractivity contribution in [1.82, 2.24) is 20.4 Å². The van der Waals surface area contributed by atoms with Gasteiger partial charge in [-0.25, -0.2) is 4.79 Å². The monoisotopic (exact) mass is 1640 g/mol. The Labute approximate surface area is 660 Å². The Hall–Kier alpha value is -5.07. The molecule has 5 fully saturated rings. The Balaban J connectivity index is 0.993. The van der Waals surface area contributed by atoms with Crippen molar-refractivity contribution in [2.24, 2.45) is 11.8 Å². The van der Waals surface area contributed by atoms with Gasteiger partial charge in [0.15, 0.2) is 18.3 Å². The zero-order valence-electron chi connectivity index (χ0n) is 65.2. The Morgan fingerprint density at radius 3 is 1.87 bits per heavy atom. The third-order valence-electron chi connectivity index (χ3n) is 22.4. The van der Waals surface area contributed by atoms with Crippen LogP contribution < -0.4 is 16.0 Å². The summed E-state index contributed by atoms with van der Waals surface area (Å²) in [6, 6.07) is -2.55. The maximum absolute atomic E-state index is 16.2. The van der Waals surface area contributed by atoms with E-state index in [9.17, 15) is 106 Å². The molecule has 0 spiro atoms. The Kier molecular flexibility index (Phi) is 36.7. The second kappa shape index (κ2) is 44.3. The lowest BCUT2D eigenvalue weighted by molar-refractivity contribution is -0.384. The third-order valence-corrected chi connectivity index (χ3v) is 22.4. The summed E-state index contributed by atoms with van der Waals surface area (Å²) in [4.78, 5) is 53.0. The molecule has 36 nitrogen and oxygen atoms in total. The quantitative estimate of drug-likeness (QED) is 0.0172. The number of carboxylic acids is 1. The van der Waals surface area contributed by atoms with E-state index in [1.54, 1.807) is 44.2 Å². The summed E-state index contributed by atoms with van der Waals surface area (Å²) in [5, 5.41) is 196. The standard InChI is InChI=1S/C75H122BF2N5O31/c1-6-7-8-9-10-11-12-13-14-15-16-17-18-22-49(91)47(81-58(94)23-20-19-21-43-24-25-44-27-48-39(2)26-40(3)82(48)76(77,78)83(43)44)36-107-72-67(101)66(100)70(55(33-88)111-72)112-73-68(102)69(113-75(74(103)104)28-50(92)60(80-42(5)90)71(114-75)62(96)51(93)29-84)45(52(30-85)110-73)34-105-37-56-59(79-41(4)89)46(61(95)53(31-86)108-56)35-106-38-57-64(98)65(99)63(97)54(32-87)109-57/h18,22,24-27,45-47,49-57,59-73,84-88,91-93,95-102H,6-17,19-21,23,28-38H2,1-5H3,(H,79,89)(H,80,90)(H,81,94)(H,103,104)/b22-18+/t45-,46+,47?,49?,50-,51?,52+,53+,54+,55+,56-,57-,59+,60+,61+,62?,63-,64-,65-,66+,67+,68+,69-,70+,71+,72+,73-,75+/m0/s1. The number of aryl methyl sites for hydroxylation is 2. The number of nitrogens with one attached hydrogen (secondary N) is 3. The van der Waals surface area contributed by atoms with Gasteiger partial charge in [0.05, 0.1) is 109 Å².